The van der Waals surface area contributed by atoms with Gasteiger partial charge < -0.3 is 10.2 Å². The average molecular weight is 512 g/mol. The number of nitrogens with one attached hydrogen (secondary N) is 1. The molecule has 1 saturated heterocycles. The maximum absolute atomic E-state index is 4.28. The first-order valence-corrected chi connectivity index (χ1v) is 13.9. The third-order valence-corrected chi connectivity index (χ3v) is 7.57. The molecule has 0 aromatic carbocycles. The molecular weight excluding hydrogens is 462 g/mol. The van der Waals surface area contributed by atoms with Crippen molar-refractivity contribution in [2.45, 2.75) is 46.1 Å². The molecule has 6 heteroatoms. The number of nitrogens with zero attached hydrogens (tertiary/aromatic N) is 4. The van der Waals surface area contributed by atoms with E-state index in [1.807, 2.05) is 38.0 Å². The van der Waals surface area contributed by atoms with E-state index in [0.717, 1.165) is 25.2 Å². The lowest BCUT2D eigenvalue weighted by Gasteiger charge is -2.22. The summed E-state index contributed by atoms with van der Waals surface area (Å²) in [5.74, 6) is 1.80. The molecule has 0 spiro atoms. The van der Waals surface area contributed by atoms with Crippen LogP contribution in [0.25, 0.3) is 5.57 Å². The molecule has 0 bridgehead atoms. The van der Waals surface area contributed by atoms with Gasteiger partial charge in [-0.05, 0) is 76.9 Å². The van der Waals surface area contributed by atoms with E-state index < -0.39 is 0 Å². The van der Waals surface area contributed by atoms with Crippen LogP contribution in [0.2, 0.25) is 0 Å². The Morgan fingerprint density at radius 3 is 2.53 bits per heavy atom. The molecule has 3 rings (SSSR count). The van der Waals surface area contributed by atoms with E-state index in [2.05, 4.69) is 91.0 Å². The van der Waals surface area contributed by atoms with E-state index in [-0.39, 0.29) is 0 Å². The molecule has 0 amide bonds. The fourth-order valence-electron chi connectivity index (χ4n) is 4.17. The largest absolute Gasteiger partial charge is 0.379 e. The van der Waals surface area contributed by atoms with E-state index in [0.29, 0.717) is 23.8 Å². The molecule has 5 nitrogen and oxygen atoms in total. The Labute approximate surface area is 225 Å². The molecular formula is C30H49N5S. The van der Waals surface area contributed by atoms with Crippen LogP contribution < -0.4 is 5.32 Å². The lowest BCUT2D eigenvalue weighted by Crippen LogP contribution is -2.22. The minimum atomic E-state index is 0.527. The van der Waals surface area contributed by atoms with Crippen molar-refractivity contribution in [3.63, 3.8) is 0 Å². The van der Waals surface area contributed by atoms with Gasteiger partial charge in [0, 0.05) is 38.6 Å². The van der Waals surface area contributed by atoms with Crippen LogP contribution in [0.3, 0.4) is 0 Å². The second-order valence-electron chi connectivity index (χ2n) is 9.83. The second-order valence-corrected chi connectivity index (χ2v) is 10.7. The molecule has 1 fully saturated rings. The van der Waals surface area contributed by atoms with Crippen LogP contribution in [0.5, 0.6) is 0 Å². The standard InChI is InChI=1S/C12H16N2S.C11H20N2.C7H13N/c1-9-12(15-8-14-9)11-5-3-10(4-6-11)7-13-2;1-6-11(10(2)3)9-13(5)8-7-12-4;1-3-7-5-4-6-8(7)2/h3,5-6,8,10,13H,4,7H2,1-2H3;6-8,10-11H,1,4,9H2,2-3,5H3;3,7H,1,4-6H2,2H3/b;8-7-;. The van der Waals surface area contributed by atoms with Gasteiger partial charge in [0.15, 0.2) is 0 Å². The summed E-state index contributed by atoms with van der Waals surface area (Å²) >= 11 is 1.72. The monoisotopic (exact) mass is 511 g/mol. The first-order chi connectivity index (χ1) is 17.3. The van der Waals surface area contributed by atoms with Crippen molar-refractivity contribution in [3.05, 3.63) is 72.0 Å². The Balaban J connectivity index is 0.000000282. The highest BCUT2D eigenvalue weighted by molar-refractivity contribution is 7.11. The number of hydrogen-bond donors (Lipinski definition) is 1. The molecule has 1 N–H and O–H groups in total. The van der Waals surface area contributed by atoms with Crippen LogP contribution in [0.15, 0.2) is 66.4 Å². The Bertz CT molecular complexity index is 866. The molecule has 36 heavy (non-hydrogen) atoms. The van der Waals surface area contributed by atoms with Gasteiger partial charge in [-0.15, -0.1) is 24.5 Å². The maximum atomic E-state index is 4.28. The van der Waals surface area contributed by atoms with Crippen molar-refractivity contribution in [3.8, 4) is 0 Å². The number of likely N-dealkylation sites (tertiary alicyclic amines) is 1. The molecule has 0 radical (unpaired) electrons. The summed E-state index contributed by atoms with van der Waals surface area (Å²) in [5.41, 5.74) is 4.39. The quantitative estimate of drug-likeness (QED) is 0.290. The molecule has 200 valence electrons. The summed E-state index contributed by atoms with van der Waals surface area (Å²) < 4.78 is 0. The van der Waals surface area contributed by atoms with Crippen LogP contribution >= 0.6 is 11.3 Å². The highest BCUT2D eigenvalue weighted by Gasteiger charge is 2.16. The normalized spacial score (nSPS) is 20.1. The van der Waals surface area contributed by atoms with Crippen LogP contribution in [0.1, 0.15) is 43.7 Å². The summed E-state index contributed by atoms with van der Waals surface area (Å²) in [7, 11) is 6.18. The van der Waals surface area contributed by atoms with Crippen molar-refractivity contribution in [1.29, 1.82) is 0 Å². The van der Waals surface area contributed by atoms with E-state index in [9.17, 15) is 0 Å². The predicted octanol–water partition coefficient (Wildman–Crippen LogP) is 6.45. The van der Waals surface area contributed by atoms with E-state index in [1.54, 1.807) is 17.5 Å². The number of rotatable bonds is 10. The van der Waals surface area contributed by atoms with Gasteiger partial charge in [-0.2, -0.15) is 0 Å². The summed E-state index contributed by atoms with van der Waals surface area (Å²) in [6.07, 6.45) is 18.3. The van der Waals surface area contributed by atoms with Gasteiger partial charge in [-0.25, -0.2) is 4.98 Å². The van der Waals surface area contributed by atoms with Crippen LogP contribution in [-0.2, 0) is 0 Å². The Hall–Kier alpha value is -2.28. The molecule has 1 aliphatic heterocycles. The van der Waals surface area contributed by atoms with Gasteiger partial charge >= 0.3 is 0 Å². The fraction of sp³-hybridized carbons (Fsp3) is 0.533. The van der Waals surface area contributed by atoms with Crippen molar-refractivity contribution in [2.24, 2.45) is 22.7 Å². The number of aryl methyl sites for hydroxylation is 1. The molecule has 1 aromatic heterocycles. The maximum Gasteiger partial charge on any atom is 0.0801 e. The topological polar surface area (TPSA) is 43.8 Å². The van der Waals surface area contributed by atoms with Crippen molar-refractivity contribution >= 4 is 23.6 Å². The van der Waals surface area contributed by atoms with Gasteiger partial charge in [0.1, 0.15) is 0 Å². The Morgan fingerprint density at radius 1 is 1.36 bits per heavy atom. The zero-order chi connectivity index (χ0) is 26.9. The molecule has 2 aliphatic rings. The number of hydrogen-bond acceptors (Lipinski definition) is 6. The van der Waals surface area contributed by atoms with E-state index in [4.69, 9.17) is 0 Å². The molecule has 2 heterocycles. The number of aromatic nitrogens is 1. The van der Waals surface area contributed by atoms with Gasteiger partial charge in [0.2, 0.25) is 0 Å². The molecule has 3 unspecified atom stereocenters. The summed E-state index contributed by atoms with van der Waals surface area (Å²) in [6.45, 7) is 20.7. The number of likely N-dealkylation sites (N-methyl/N-ethyl adjacent to an activating group) is 1. The van der Waals surface area contributed by atoms with Gasteiger partial charge in [0.25, 0.3) is 0 Å². The van der Waals surface area contributed by atoms with E-state index in [1.165, 1.54) is 29.8 Å². The SMILES string of the molecule is C=CC(CN(C)/C=C\N=C)C(C)C.C=CC1CCCN1C.CNCC1C=CC(c2scnc2C)=CC1. The number of allylic oxidation sites excluding steroid dienone is 3. The first kappa shape index (κ1) is 31.7. The van der Waals surface area contributed by atoms with Crippen LogP contribution in [0.4, 0.5) is 0 Å². The Morgan fingerprint density at radius 2 is 2.11 bits per heavy atom. The zero-order valence-corrected chi connectivity index (χ0v) is 24.3. The van der Waals surface area contributed by atoms with Gasteiger partial charge in [-0.3, -0.25) is 9.89 Å². The average Bonchev–Trinajstić information content (AvgIpc) is 3.50. The fourth-order valence-corrected chi connectivity index (χ4v) is 5.00. The molecule has 1 aliphatic carbocycles. The smallest absolute Gasteiger partial charge is 0.0801 e. The summed E-state index contributed by atoms with van der Waals surface area (Å²) in [4.78, 5) is 13.7. The molecule has 3 atom stereocenters. The third kappa shape index (κ3) is 11.6. The molecule has 1 aromatic rings. The highest BCUT2D eigenvalue weighted by atomic mass is 32.1. The third-order valence-electron chi connectivity index (χ3n) is 6.60. The summed E-state index contributed by atoms with van der Waals surface area (Å²) in [6, 6.07) is 0.662. The summed E-state index contributed by atoms with van der Waals surface area (Å²) in [5, 5.41) is 3.21. The lowest BCUT2D eigenvalue weighted by atomic mass is 9.95. The van der Waals surface area contributed by atoms with Crippen molar-refractivity contribution in [2.75, 3.05) is 40.8 Å². The molecule has 0 saturated carbocycles. The van der Waals surface area contributed by atoms with Gasteiger partial charge in [-0.1, -0.05) is 44.2 Å². The van der Waals surface area contributed by atoms with Gasteiger partial charge in [0.05, 0.1) is 16.1 Å². The van der Waals surface area contributed by atoms with Crippen molar-refractivity contribution in [1.82, 2.24) is 20.1 Å². The first-order valence-electron chi connectivity index (χ1n) is 13.0. The van der Waals surface area contributed by atoms with Crippen LogP contribution in [-0.4, -0.2) is 68.3 Å². The minimum absolute atomic E-state index is 0.527. The zero-order valence-electron chi connectivity index (χ0n) is 23.5. The van der Waals surface area contributed by atoms with Crippen molar-refractivity contribution < 1.29 is 0 Å². The highest BCUT2D eigenvalue weighted by Crippen LogP contribution is 2.28. The predicted molar refractivity (Wildman–Crippen MR) is 162 cm³/mol. The second kappa shape index (κ2) is 18.0. The van der Waals surface area contributed by atoms with E-state index >= 15 is 0 Å². The number of thiazole rings is 1. The lowest BCUT2D eigenvalue weighted by molar-refractivity contribution is 0.337. The van der Waals surface area contributed by atoms with Crippen LogP contribution in [0, 0.1) is 24.7 Å². The minimum Gasteiger partial charge on any atom is -0.379 e. The number of aliphatic imine (C=N–C) groups is 1. The Kier molecular flexibility index (Phi) is 15.9.